The van der Waals surface area contributed by atoms with Gasteiger partial charge in [-0.25, -0.2) is 4.98 Å². The molecule has 0 fully saturated rings. The van der Waals surface area contributed by atoms with Gasteiger partial charge in [0.15, 0.2) is 11.5 Å². The molecule has 0 saturated heterocycles. The van der Waals surface area contributed by atoms with E-state index >= 15 is 0 Å². The first kappa shape index (κ1) is 10.4. The van der Waals surface area contributed by atoms with Crippen molar-refractivity contribution in [2.45, 2.75) is 0 Å². The molecule has 2 N–H and O–H groups in total. The zero-order chi connectivity index (χ0) is 11.5. The summed E-state index contributed by atoms with van der Waals surface area (Å²) < 4.78 is 15.5. The van der Waals surface area contributed by atoms with E-state index in [1.54, 1.807) is 26.4 Å². The third kappa shape index (κ3) is 1.79. The molecule has 1 aromatic carbocycles. The molecule has 5 nitrogen and oxygen atoms in total. The van der Waals surface area contributed by atoms with Crippen LogP contribution in [0.2, 0.25) is 0 Å². The van der Waals surface area contributed by atoms with E-state index in [4.69, 9.17) is 19.6 Å². The summed E-state index contributed by atoms with van der Waals surface area (Å²) in [4.78, 5) is 4.03. The molecule has 1 aromatic heterocycles. The van der Waals surface area contributed by atoms with E-state index in [2.05, 4.69) is 4.98 Å². The molecule has 0 aliphatic heterocycles. The van der Waals surface area contributed by atoms with Crippen LogP contribution in [0, 0.1) is 0 Å². The fourth-order valence-corrected chi connectivity index (χ4v) is 1.39. The second-order valence-electron chi connectivity index (χ2n) is 3.14. The maximum atomic E-state index is 5.46. The highest BCUT2D eigenvalue weighted by Gasteiger charge is 2.09. The van der Waals surface area contributed by atoms with E-state index in [1.165, 1.54) is 6.20 Å². The Labute approximate surface area is 92.8 Å². The Morgan fingerprint density at radius 3 is 2.50 bits per heavy atom. The fraction of sp³-hybridized carbons (Fsp3) is 0.182. The van der Waals surface area contributed by atoms with E-state index < -0.39 is 0 Å². The van der Waals surface area contributed by atoms with Gasteiger partial charge in [-0.1, -0.05) is 0 Å². The van der Waals surface area contributed by atoms with Gasteiger partial charge in [0.2, 0.25) is 11.8 Å². The summed E-state index contributed by atoms with van der Waals surface area (Å²) in [6.07, 6.45) is 1.46. The summed E-state index contributed by atoms with van der Waals surface area (Å²) in [5, 5.41) is 0. The topological polar surface area (TPSA) is 70.5 Å². The van der Waals surface area contributed by atoms with Crippen LogP contribution in [0.15, 0.2) is 28.8 Å². The molecule has 0 bridgehead atoms. The highest BCUT2D eigenvalue weighted by atomic mass is 16.5. The molecule has 5 heteroatoms. The van der Waals surface area contributed by atoms with Crippen LogP contribution >= 0.6 is 0 Å². The smallest absolute Gasteiger partial charge is 0.228 e. The zero-order valence-corrected chi connectivity index (χ0v) is 9.06. The molecule has 84 valence electrons. The van der Waals surface area contributed by atoms with Crippen LogP contribution in [-0.4, -0.2) is 19.2 Å². The summed E-state index contributed by atoms with van der Waals surface area (Å²) in [5.41, 5.74) is 6.24. The van der Waals surface area contributed by atoms with Crippen LogP contribution in [-0.2, 0) is 0 Å². The van der Waals surface area contributed by atoms with Crippen LogP contribution in [0.1, 0.15) is 0 Å². The first-order valence-electron chi connectivity index (χ1n) is 4.68. The normalized spacial score (nSPS) is 10.1. The van der Waals surface area contributed by atoms with E-state index in [0.29, 0.717) is 17.4 Å². The van der Waals surface area contributed by atoms with Crippen LogP contribution in [0.5, 0.6) is 11.5 Å². The highest BCUT2D eigenvalue weighted by Crippen LogP contribution is 2.32. The summed E-state index contributed by atoms with van der Waals surface area (Å²) in [5.74, 6) is 2.02. The van der Waals surface area contributed by atoms with Gasteiger partial charge in [0, 0.05) is 5.56 Å². The minimum atomic E-state index is 0.282. The van der Waals surface area contributed by atoms with Crippen molar-refractivity contribution in [3.05, 3.63) is 24.4 Å². The molecule has 0 aliphatic carbocycles. The highest BCUT2D eigenvalue weighted by molar-refractivity contribution is 5.60. The SMILES string of the molecule is COc1ccc(-c2ncc(N)o2)cc1OC. The molecule has 0 spiro atoms. The summed E-state index contributed by atoms with van der Waals surface area (Å²) >= 11 is 0. The standard InChI is InChI=1S/C11H12N2O3/c1-14-8-4-3-7(5-9(8)15-2)11-13-6-10(12)16-11/h3-6H,12H2,1-2H3. The molecular weight excluding hydrogens is 208 g/mol. The molecule has 1 heterocycles. The number of rotatable bonds is 3. The number of oxazole rings is 1. The third-order valence-electron chi connectivity index (χ3n) is 2.15. The van der Waals surface area contributed by atoms with Gasteiger partial charge < -0.3 is 19.6 Å². The Morgan fingerprint density at radius 1 is 1.19 bits per heavy atom. The molecule has 0 radical (unpaired) electrons. The largest absolute Gasteiger partial charge is 0.493 e. The van der Waals surface area contributed by atoms with E-state index in [0.717, 1.165) is 5.56 Å². The number of nitrogens with two attached hydrogens (primary N) is 1. The van der Waals surface area contributed by atoms with Crippen molar-refractivity contribution < 1.29 is 13.9 Å². The van der Waals surface area contributed by atoms with Crippen molar-refractivity contribution in [1.29, 1.82) is 0 Å². The van der Waals surface area contributed by atoms with Crippen LogP contribution in [0.4, 0.5) is 5.88 Å². The maximum Gasteiger partial charge on any atom is 0.228 e. The first-order valence-corrected chi connectivity index (χ1v) is 4.68. The number of benzene rings is 1. The minimum Gasteiger partial charge on any atom is -0.493 e. The minimum absolute atomic E-state index is 0.282. The number of nitrogens with zero attached hydrogens (tertiary/aromatic N) is 1. The van der Waals surface area contributed by atoms with Crippen molar-refractivity contribution >= 4 is 5.88 Å². The van der Waals surface area contributed by atoms with Crippen LogP contribution in [0.25, 0.3) is 11.5 Å². The monoisotopic (exact) mass is 220 g/mol. The summed E-state index contributed by atoms with van der Waals surface area (Å²) in [6, 6.07) is 5.39. The first-order chi connectivity index (χ1) is 7.74. The van der Waals surface area contributed by atoms with Gasteiger partial charge in [-0.3, -0.25) is 0 Å². The van der Waals surface area contributed by atoms with Gasteiger partial charge in [0.05, 0.1) is 20.4 Å². The van der Waals surface area contributed by atoms with Crippen molar-refractivity contribution in [3.8, 4) is 23.0 Å². The van der Waals surface area contributed by atoms with Crippen molar-refractivity contribution in [2.75, 3.05) is 20.0 Å². The molecule has 0 amide bonds. The van der Waals surface area contributed by atoms with Crippen molar-refractivity contribution in [2.24, 2.45) is 0 Å². The van der Waals surface area contributed by atoms with Crippen LogP contribution in [0.3, 0.4) is 0 Å². The average Bonchev–Trinajstić information content (AvgIpc) is 2.75. The van der Waals surface area contributed by atoms with E-state index in [-0.39, 0.29) is 5.88 Å². The average molecular weight is 220 g/mol. The summed E-state index contributed by atoms with van der Waals surface area (Å²) in [7, 11) is 3.16. The lowest BCUT2D eigenvalue weighted by Crippen LogP contribution is -1.90. The van der Waals surface area contributed by atoms with E-state index in [1.807, 2.05) is 6.07 Å². The van der Waals surface area contributed by atoms with Gasteiger partial charge in [0.25, 0.3) is 0 Å². The molecule has 0 atom stereocenters. The number of nitrogen functional groups attached to an aromatic ring is 1. The van der Waals surface area contributed by atoms with Gasteiger partial charge >= 0.3 is 0 Å². The number of ether oxygens (including phenoxy) is 2. The number of hydrogen-bond acceptors (Lipinski definition) is 5. The van der Waals surface area contributed by atoms with Crippen molar-refractivity contribution in [1.82, 2.24) is 4.98 Å². The number of aromatic nitrogens is 1. The molecule has 0 aliphatic rings. The Hall–Kier alpha value is -2.17. The molecule has 0 saturated carbocycles. The third-order valence-corrected chi connectivity index (χ3v) is 2.15. The van der Waals surface area contributed by atoms with Gasteiger partial charge in [-0.2, -0.15) is 0 Å². The Balaban J connectivity index is 2.43. The lowest BCUT2D eigenvalue weighted by molar-refractivity contribution is 0.355. The van der Waals surface area contributed by atoms with Crippen molar-refractivity contribution in [3.63, 3.8) is 0 Å². The molecule has 0 unspecified atom stereocenters. The predicted molar refractivity (Wildman–Crippen MR) is 59.5 cm³/mol. The second kappa shape index (κ2) is 4.14. The summed E-state index contributed by atoms with van der Waals surface area (Å²) in [6.45, 7) is 0. The quantitative estimate of drug-likeness (QED) is 0.855. The fourth-order valence-electron chi connectivity index (χ4n) is 1.39. The molecular formula is C11H12N2O3. The number of methoxy groups -OCH3 is 2. The number of anilines is 1. The second-order valence-corrected chi connectivity index (χ2v) is 3.14. The maximum absolute atomic E-state index is 5.46. The Kier molecular flexibility index (Phi) is 2.68. The number of hydrogen-bond donors (Lipinski definition) is 1. The van der Waals surface area contributed by atoms with Gasteiger partial charge in [-0.05, 0) is 18.2 Å². The van der Waals surface area contributed by atoms with Gasteiger partial charge in [0.1, 0.15) is 0 Å². The predicted octanol–water partition coefficient (Wildman–Crippen LogP) is 1.94. The molecule has 16 heavy (non-hydrogen) atoms. The molecule has 2 aromatic rings. The lowest BCUT2D eigenvalue weighted by atomic mass is 10.2. The Bertz CT molecular complexity index is 494. The van der Waals surface area contributed by atoms with Crippen LogP contribution < -0.4 is 15.2 Å². The molecule has 2 rings (SSSR count). The van der Waals surface area contributed by atoms with Gasteiger partial charge in [-0.15, -0.1) is 0 Å². The Morgan fingerprint density at radius 2 is 1.94 bits per heavy atom. The zero-order valence-electron chi connectivity index (χ0n) is 9.06. The lowest BCUT2D eigenvalue weighted by Gasteiger charge is -2.07. The van der Waals surface area contributed by atoms with E-state index in [9.17, 15) is 0 Å².